The van der Waals surface area contributed by atoms with Gasteiger partial charge >= 0.3 is 5.97 Å². The van der Waals surface area contributed by atoms with Crippen LogP contribution in [0.5, 0.6) is 17.4 Å². The maximum absolute atomic E-state index is 12.6. The van der Waals surface area contributed by atoms with Crippen LogP contribution < -0.4 is 9.47 Å². The van der Waals surface area contributed by atoms with Crippen LogP contribution >= 0.6 is 39.1 Å². The highest BCUT2D eigenvalue weighted by molar-refractivity contribution is 9.10. The molecule has 0 unspecified atom stereocenters. The Hall–Kier alpha value is -2.15. The van der Waals surface area contributed by atoms with Crippen LogP contribution in [-0.2, 0) is 0 Å². The normalized spacial score (nSPS) is 13.2. The lowest BCUT2D eigenvalue weighted by atomic mass is 10.1. The lowest BCUT2D eigenvalue weighted by Gasteiger charge is -2.15. The Bertz CT molecular complexity index is 1100. The number of hydrogen-bond donors (Lipinski definition) is 0. The van der Waals surface area contributed by atoms with Gasteiger partial charge in [-0.05, 0) is 55.0 Å². The van der Waals surface area contributed by atoms with Gasteiger partial charge in [-0.2, -0.15) is 0 Å². The molecule has 0 radical (unpaired) electrons. The molecule has 0 aliphatic heterocycles. The van der Waals surface area contributed by atoms with E-state index < -0.39 is 5.97 Å². The fraction of sp³-hybridized carbons (Fsp3) is 0.190. The van der Waals surface area contributed by atoms with E-state index >= 15 is 0 Å². The van der Waals surface area contributed by atoms with Crippen molar-refractivity contribution in [2.75, 3.05) is 0 Å². The largest absolute Gasteiger partial charge is 0.434 e. The second-order valence-corrected chi connectivity index (χ2v) is 8.43. The van der Waals surface area contributed by atoms with Gasteiger partial charge in [-0.25, -0.2) is 4.79 Å². The van der Waals surface area contributed by atoms with Crippen LogP contribution in [0.4, 0.5) is 0 Å². The number of para-hydroxylation sites is 1. The number of carbonyl (C=O) groups excluding carboxylic acids is 1. The molecular weight excluding hydrogens is 479 g/mol. The molecule has 3 aromatic rings. The number of esters is 1. The fourth-order valence-electron chi connectivity index (χ4n) is 2.92. The standard InChI is InChI=1S/C21H15BrCl2N2O3/c1-11-3-2-4-14(12-5-6-12)19(11)29-20-17(10-18(24)25-26-20)28-21(27)15-8-7-13(22)9-16(15)23/h2-4,7-10,12H,5-6H2,1H3. The second-order valence-electron chi connectivity index (χ2n) is 6.72. The lowest BCUT2D eigenvalue weighted by Crippen LogP contribution is -2.11. The number of aromatic nitrogens is 2. The third-order valence-corrected chi connectivity index (χ3v) is 5.50. The quantitative estimate of drug-likeness (QED) is 0.368. The number of hydrogen-bond acceptors (Lipinski definition) is 5. The Balaban J connectivity index is 1.66. The van der Waals surface area contributed by atoms with E-state index in [0.717, 1.165) is 28.4 Å². The molecule has 0 N–H and O–H groups in total. The summed E-state index contributed by atoms with van der Waals surface area (Å²) in [5.41, 5.74) is 2.28. The summed E-state index contributed by atoms with van der Waals surface area (Å²) < 4.78 is 12.3. The lowest BCUT2D eigenvalue weighted by molar-refractivity contribution is 0.0729. The number of nitrogens with zero attached hydrogens (tertiary/aromatic N) is 2. The van der Waals surface area contributed by atoms with Gasteiger partial charge in [0.2, 0.25) is 0 Å². The molecule has 1 aliphatic carbocycles. The van der Waals surface area contributed by atoms with Gasteiger partial charge in [0.1, 0.15) is 5.75 Å². The van der Waals surface area contributed by atoms with Gasteiger partial charge in [0.05, 0.1) is 10.6 Å². The van der Waals surface area contributed by atoms with Crippen molar-refractivity contribution in [3.63, 3.8) is 0 Å². The molecule has 1 heterocycles. The van der Waals surface area contributed by atoms with Crippen LogP contribution in [0.2, 0.25) is 10.2 Å². The number of carbonyl (C=O) groups is 1. The minimum atomic E-state index is -0.649. The van der Waals surface area contributed by atoms with Crippen molar-refractivity contribution < 1.29 is 14.3 Å². The average molecular weight is 494 g/mol. The van der Waals surface area contributed by atoms with Gasteiger partial charge in [0.15, 0.2) is 10.9 Å². The molecule has 5 nitrogen and oxygen atoms in total. The molecule has 1 aromatic heterocycles. The maximum atomic E-state index is 12.6. The molecule has 0 saturated heterocycles. The minimum Gasteiger partial charge on any atom is -0.434 e. The minimum absolute atomic E-state index is 0.0622. The van der Waals surface area contributed by atoms with Crippen LogP contribution in [0.3, 0.4) is 0 Å². The Labute approximate surface area is 186 Å². The molecule has 0 atom stereocenters. The molecule has 29 heavy (non-hydrogen) atoms. The van der Waals surface area contributed by atoms with Gasteiger partial charge < -0.3 is 9.47 Å². The summed E-state index contributed by atoms with van der Waals surface area (Å²) in [6.45, 7) is 1.96. The summed E-state index contributed by atoms with van der Waals surface area (Å²) in [6.07, 6.45) is 2.24. The van der Waals surface area contributed by atoms with Crippen LogP contribution in [0.15, 0.2) is 46.9 Å². The zero-order valence-corrected chi connectivity index (χ0v) is 18.4. The van der Waals surface area contributed by atoms with Crippen molar-refractivity contribution in [2.45, 2.75) is 25.7 Å². The molecule has 8 heteroatoms. The van der Waals surface area contributed by atoms with Crippen molar-refractivity contribution in [2.24, 2.45) is 0 Å². The predicted molar refractivity (Wildman–Crippen MR) is 114 cm³/mol. The molecule has 0 spiro atoms. The monoisotopic (exact) mass is 492 g/mol. The first-order chi connectivity index (χ1) is 13.9. The maximum Gasteiger partial charge on any atom is 0.345 e. The second kappa shape index (κ2) is 8.30. The summed E-state index contributed by atoms with van der Waals surface area (Å²) in [5.74, 6) is 0.651. The van der Waals surface area contributed by atoms with Gasteiger partial charge in [-0.3, -0.25) is 0 Å². The number of halogens is 3. The van der Waals surface area contributed by atoms with Crippen molar-refractivity contribution in [1.29, 1.82) is 0 Å². The third kappa shape index (κ3) is 4.55. The molecule has 0 bridgehead atoms. The Morgan fingerprint density at radius 2 is 1.93 bits per heavy atom. The van der Waals surface area contributed by atoms with Crippen LogP contribution in [-0.4, -0.2) is 16.2 Å². The van der Waals surface area contributed by atoms with Crippen molar-refractivity contribution in [1.82, 2.24) is 10.2 Å². The third-order valence-electron chi connectivity index (χ3n) is 4.51. The van der Waals surface area contributed by atoms with E-state index in [1.807, 2.05) is 25.1 Å². The first-order valence-electron chi connectivity index (χ1n) is 8.90. The summed E-state index contributed by atoms with van der Waals surface area (Å²) in [5, 5.41) is 8.17. The van der Waals surface area contributed by atoms with E-state index in [0.29, 0.717) is 11.7 Å². The molecule has 4 rings (SSSR count). The van der Waals surface area contributed by atoms with Gasteiger partial charge in [0.25, 0.3) is 5.88 Å². The zero-order valence-electron chi connectivity index (χ0n) is 15.3. The van der Waals surface area contributed by atoms with E-state index in [9.17, 15) is 4.79 Å². The van der Waals surface area contributed by atoms with Crippen molar-refractivity contribution in [3.8, 4) is 17.4 Å². The molecule has 1 aliphatic rings. The highest BCUT2D eigenvalue weighted by atomic mass is 79.9. The summed E-state index contributed by atoms with van der Waals surface area (Å²) in [7, 11) is 0. The molecular formula is C21H15BrCl2N2O3. The molecule has 0 amide bonds. The fourth-order valence-corrected chi connectivity index (χ4v) is 3.81. The Morgan fingerprint density at radius 3 is 2.66 bits per heavy atom. The van der Waals surface area contributed by atoms with Crippen molar-refractivity contribution in [3.05, 3.63) is 73.8 Å². The number of ether oxygens (including phenoxy) is 2. The van der Waals surface area contributed by atoms with Crippen molar-refractivity contribution >= 4 is 45.1 Å². The molecule has 1 saturated carbocycles. The van der Waals surface area contributed by atoms with Gasteiger partial charge in [-0.15, -0.1) is 10.2 Å². The van der Waals surface area contributed by atoms with E-state index in [1.165, 1.54) is 6.07 Å². The highest BCUT2D eigenvalue weighted by Gasteiger charge is 2.28. The van der Waals surface area contributed by atoms with Crippen LogP contribution in [0, 0.1) is 6.92 Å². The Morgan fingerprint density at radius 1 is 1.14 bits per heavy atom. The first kappa shape index (κ1) is 20.1. The molecule has 1 fully saturated rings. The molecule has 148 valence electrons. The summed E-state index contributed by atoms with van der Waals surface area (Å²) >= 11 is 15.4. The summed E-state index contributed by atoms with van der Waals surface area (Å²) in [4.78, 5) is 12.6. The van der Waals surface area contributed by atoms with Gasteiger partial charge in [-0.1, -0.05) is 57.3 Å². The van der Waals surface area contributed by atoms with E-state index in [-0.39, 0.29) is 27.4 Å². The predicted octanol–water partition coefficient (Wildman–Crippen LogP) is 6.74. The SMILES string of the molecule is Cc1cccc(C2CC2)c1Oc1nnc(Cl)cc1OC(=O)c1ccc(Br)cc1Cl. The molecule has 2 aromatic carbocycles. The topological polar surface area (TPSA) is 61.3 Å². The van der Waals surface area contributed by atoms with E-state index in [1.54, 1.807) is 18.2 Å². The van der Waals surface area contributed by atoms with E-state index in [4.69, 9.17) is 32.7 Å². The van der Waals surface area contributed by atoms with Crippen LogP contribution in [0.1, 0.15) is 40.2 Å². The van der Waals surface area contributed by atoms with Gasteiger partial charge in [0, 0.05) is 10.5 Å². The smallest absolute Gasteiger partial charge is 0.345 e. The number of benzene rings is 2. The highest BCUT2D eigenvalue weighted by Crippen LogP contribution is 2.47. The number of rotatable bonds is 5. The van der Waals surface area contributed by atoms with Crippen LogP contribution in [0.25, 0.3) is 0 Å². The zero-order chi connectivity index (χ0) is 20.5. The summed E-state index contributed by atoms with van der Waals surface area (Å²) in [6, 6.07) is 12.3. The average Bonchev–Trinajstić information content (AvgIpc) is 3.50. The number of aryl methyl sites for hydroxylation is 1. The Kier molecular flexibility index (Phi) is 5.76. The first-order valence-corrected chi connectivity index (χ1v) is 10.4. The van der Waals surface area contributed by atoms with E-state index in [2.05, 4.69) is 26.1 Å².